The molecule has 5 atom stereocenters. The Labute approximate surface area is 70.7 Å². The summed E-state index contributed by atoms with van der Waals surface area (Å²) in [5.74, 6) is 1.20. The lowest BCUT2D eigenvalue weighted by Gasteiger charge is -2.21. The van der Waals surface area contributed by atoms with Gasteiger partial charge in [-0.2, -0.15) is 0 Å². The molecule has 2 bridgehead atoms. The van der Waals surface area contributed by atoms with Gasteiger partial charge in [0, 0.05) is 12.5 Å². The van der Waals surface area contributed by atoms with Crippen LogP contribution in [0.25, 0.3) is 0 Å². The van der Waals surface area contributed by atoms with Crippen molar-refractivity contribution in [2.24, 2.45) is 23.7 Å². The summed E-state index contributed by atoms with van der Waals surface area (Å²) in [7, 11) is 0. The molecule has 0 aromatic carbocycles. The van der Waals surface area contributed by atoms with Gasteiger partial charge in [0.2, 0.25) is 0 Å². The van der Waals surface area contributed by atoms with Crippen LogP contribution in [0.2, 0.25) is 0 Å². The van der Waals surface area contributed by atoms with Gasteiger partial charge in [0.25, 0.3) is 0 Å². The molecule has 3 heteroatoms. The molecule has 0 aromatic heterocycles. The molecule has 3 nitrogen and oxygen atoms in total. The highest BCUT2D eigenvalue weighted by Gasteiger charge is 2.61. The summed E-state index contributed by atoms with van der Waals surface area (Å²) in [6.45, 7) is 0.160. The van der Waals surface area contributed by atoms with E-state index in [1.54, 1.807) is 0 Å². The molecule has 3 fully saturated rings. The minimum atomic E-state index is -0.0518. The van der Waals surface area contributed by atoms with E-state index >= 15 is 0 Å². The van der Waals surface area contributed by atoms with Crippen molar-refractivity contribution < 1.29 is 14.6 Å². The number of ether oxygens (including phenoxy) is 1. The van der Waals surface area contributed by atoms with Crippen LogP contribution in [0.4, 0.5) is 0 Å². The van der Waals surface area contributed by atoms with E-state index in [-0.39, 0.29) is 30.5 Å². The van der Waals surface area contributed by atoms with Crippen molar-refractivity contribution in [2.75, 3.05) is 6.61 Å². The number of aliphatic hydroxyl groups excluding tert-OH is 1. The molecule has 1 saturated heterocycles. The molecule has 0 amide bonds. The zero-order valence-electron chi connectivity index (χ0n) is 6.77. The summed E-state index contributed by atoms with van der Waals surface area (Å²) in [5.41, 5.74) is 0. The van der Waals surface area contributed by atoms with E-state index in [0.29, 0.717) is 11.8 Å². The number of hydrogen-bond donors (Lipinski definition) is 1. The smallest absolute Gasteiger partial charge is 0.310 e. The Kier molecular flexibility index (Phi) is 1.16. The molecule has 1 aliphatic heterocycles. The molecule has 66 valence electrons. The van der Waals surface area contributed by atoms with Crippen LogP contribution in [-0.4, -0.2) is 23.8 Å². The zero-order chi connectivity index (χ0) is 8.29. The summed E-state index contributed by atoms with van der Waals surface area (Å²) < 4.78 is 5.22. The fourth-order valence-corrected chi connectivity index (χ4v) is 3.38. The maximum Gasteiger partial charge on any atom is 0.310 e. The van der Waals surface area contributed by atoms with Crippen molar-refractivity contribution in [3.05, 3.63) is 0 Å². The van der Waals surface area contributed by atoms with Crippen LogP contribution in [-0.2, 0) is 9.53 Å². The highest BCUT2D eigenvalue weighted by molar-refractivity contribution is 5.77. The van der Waals surface area contributed by atoms with Crippen LogP contribution in [0.15, 0.2) is 0 Å². The number of carbonyl (C=O) groups excluding carboxylic acids is 1. The minimum absolute atomic E-state index is 0.0405. The third kappa shape index (κ3) is 0.600. The average molecular weight is 168 g/mol. The van der Waals surface area contributed by atoms with Crippen LogP contribution in [0.3, 0.4) is 0 Å². The molecular weight excluding hydrogens is 156 g/mol. The molecule has 2 aliphatic carbocycles. The van der Waals surface area contributed by atoms with E-state index in [1.807, 2.05) is 0 Å². The second kappa shape index (κ2) is 2.02. The summed E-state index contributed by atoms with van der Waals surface area (Å²) >= 11 is 0. The third-order valence-electron chi connectivity index (χ3n) is 3.87. The second-order valence-corrected chi connectivity index (χ2v) is 4.24. The van der Waals surface area contributed by atoms with Gasteiger partial charge < -0.3 is 9.84 Å². The van der Waals surface area contributed by atoms with E-state index in [9.17, 15) is 4.79 Å². The van der Waals surface area contributed by atoms with E-state index in [1.165, 1.54) is 0 Å². The number of carbonyl (C=O) groups is 1. The Bertz CT molecular complexity index is 236. The quantitative estimate of drug-likeness (QED) is 0.568. The predicted molar refractivity (Wildman–Crippen MR) is 40.2 cm³/mol. The standard InChI is InChI=1S/C9H12O3/c10-3-6-4-1-5-7(2-4)12-9(11)8(5)6/h4-8,10H,1-3H2/t4-,5+,6?,7-,8+/m1/s1. The molecule has 0 spiro atoms. The van der Waals surface area contributed by atoms with Crippen molar-refractivity contribution in [3.63, 3.8) is 0 Å². The lowest BCUT2D eigenvalue weighted by molar-refractivity contribution is -0.144. The Morgan fingerprint density at radius 1 is 1.50 bits per heavy atom. The number of esters is 1. The van der Waals surface area contributed by atoms with Crippen LogP contribution in [0.1, 0.15) is 12.8 Å². The average Bonchev–Trinajstić information content (AvgIpc) is 2.61. The van der Waals surface area contributed by atoms with Crippen LogP contribution < -0.4 is 0 Å². The number of rotatable bonds is 1. The second-order valence-electron chi connectivity index (χ2n) is 4.24. The first-order valence-electron chi connectivity index (χ1n) is 4.62. The lowest BCUT2D eigenvalue weighted by Crippen LogP contribution is -2.28. The molecule has 1 N–H and O–H groups in total. The lowest BCUT2D eigenvalue weighted by atomic mass is 9.81. The first kappa shape index (κ1) is 6.89. The summed E-state index contributed by atoms with van der Waals surface area (Å²) in [6, 6.07) is 0. The molecule has 0 aromatic rings. The van der Waals surface area contributed by atoms with E-state index in [2.05, 4.69) is 0 Å². The van der Waals surface area contributed by atoms with Gasteiger partial charge in [0.1, 0.15) is 6.10 Å². The summed E-state index contributed by atoms with van der Waals surface area (Å²) in [6.07, 6.45) is 2.31. The normalized spacial score (nSPS) is 54.8. The largest absolute Gasteiger partial charge is 0.462 e. The fourth-order valence-electron chi connectivity index (χ4n) is 3.38. The molecule has 2 saturated carbocycles. The number of aliphatic hydroxyl groups is 1. The molecule has 3 rings (SSSR count). The fraction of sp³-hybridized carbons (Fsp3) is 0.889. The highest BCUT2D eigenvalue weighted by Crippen LogP contribution is 2.57. The van der Waals surface area contributed by atoms with Crippen molar-refractivity contribution in [1.29, 1.82) is 0 Å². The van der Waals surface area contributed by atoms with Crippen molar-refractivity contribution in [1.82, 2.24) is 0 Å². The van der Waals surface area contributed by atoms with Crippen LogP contribution in [0.5, 0.6) is 0 Å². The van der Waals surface area contributed by atoms with Gasteiger partial charge in [0.05, 0.1) is 5.92 Å². The third-order valence-corrected chi connectivity index (χ3v) is 3.87. The first-order chi connectivity index (χ1) is 5.81. The van der Waals surface area contributed by atoms with Gasteiger partial charge in [-0.05, 0) is 24.7 Å². The van der Waals surface area contributed by atoms with Crippen molar-refractivity contribution in [3.8, 4) is 0 Å². The molecule has 1 heterocycles. The summed E-state index contributed by atoms with van der Waals surface area (Å²) in [5, 5.41) is 9.12. The van der Waals surface area contributed by atoms with Gasteiger partial charge in [0.15, 0.2) is 0 Å². The zero-order valence-corrected chi connectivity index (χ0v) is 6.77. The van der Waals surface area contributed by atoms with Gasteiger partial charge in [-0.1, -0.05) is 0 Å². The van der Waals surface area contributed by atoms with Crippen molar-refractivity contribution >= 4 is 5.97 Å². The monoisotopic (exact) mass is 168 g/mol. The molecular formula is C9H12O3. The van der Waals surface area contributed by atoms with Crippen molar-refractivity contribution in [2.45, 2.75) is 18.9 Å². The Balaban J connectivity index is 1.98. The molecule has 1 unspecified atom stereocenters. The highest BCUT2D eigenvalue weighted by atomic mass is 16.6. The predicted octanol–water partition coefficient (Wildman–Crippen LogP) is 0.176. The first-order valence-corrected chi connectivity index (χ1v) is 4.62. The van der Waals surface area contributed by atoms with E-state index < -0.39 is 0 Å². The Hall–Kier alpha value is -0.570. The Morgan fingerprint density at radius 2 is 2.33 bits per heavy atom. The maximum absolute atomic E-state index is 11.3. The summed E-state index contributed by atoms with van der Waals surface area (Å²) in [4.78, 5) is 11.3. The number of hydrogen-bond acceptors (Lipinski definition) is 3. The van der Waals surface area contributed by atoms with Gasteiger partial charge in [-0.3, -0.25) is 4.79 Å². The maximum atomic E-state index is 11.3. The Morgan fingerprint density at radius 3 is 3.08 bits per heavy atom. The molecule has 3 aliphatic rings. The van der Waals surface area contributed by atoms with Crippen LogP contribution in [0, 0.1) is 23.7 Å². The van der Waals surface area contributed by atoms with Gasteiger partial charge >= 0.3 is 5.97 Å². The van der Waals surface area contributed by atoms with Gasteiger partial charge in [-0.25, -0.2) is 0 Å². The topological polar surface area (TPSA) is 46.5 Å². The SMILES string of the molecule is O=C1O[C@@H]2C[C@H]3C[C@@H]2[C@H]1C3CO. The molecule has 0 radical (unpaired) electrons. The minimum Gasteiger partial charge on any atom is -0.462 e. The number of fused-ring (bicyclic) bond motifs is 1. The molecule has 12 heavy (non-hydrogen) atoms. The van der Waals surface area contributed by atoms with E-state index in [0.717, 1.165) is 12.8 Å². The van der Waals surface area contributed by atoms with Crippen LogP contribution >= 0.6 is 0 Å². The van der Waals surface area contributed by atoms with E-state index in [4.69, 9.17) is 9.84 Å². The van der Waals surface area contributed by atoms with Gasteiger partial charge in [-0.15, -0.1) is 0 Å².